The van der Waals surface area contributed by atoms with E-state index in [-0.39, 0.29) is 11.3 Å². The Balaban J connectivity index is 1.89. The van der Waals surface area contributed by atoms with E-state index in [2.05, 4.69) is 10.0 Å². The van der Waals surface area contributed by atoms with Gasteiger partial charge in [0.15, 0.2) is 17.5 Å². The molecule has 3 aromatic carbocycles. The molecule has 0 heterocycles. The molecule has 0 bridgehead atoms. The molecule has 31 heavy (non-hydrogen) atoms. The van der Waals surface area contributed by atoms with E-state index in [4.69, 9.17) is 0 Å². The second-order valence-corrected chi connectivity index (χ2v) is 8.60. The van der Waals surface area contributed by atoms with Gasteiger partial charge in [0.1, 0.15) is 6.04 Å². The van der Waals surface area contributed by atoms with E-state index in [0.29, 0.717) is 11.6 Å². The SMILES string of the molecule is Cc1ccc(S(=O)(=O)N[C@H](Cc2ccccc2)C(=O)Nc2ccc(F)c(F)c2F)cc1. The maximum atomic E-state index is 14.0. The highest BCUT2D eigenvalue weighted by atomic mass is 32.2. The lowest BCUT2D eigenvalue weighted by Gasteiger charge is -2.19. The van der Waals surface area contributed by atoms with Crippen LogP contribution >= 0.6 is 0 Å². The van der Waals surface area contributed by atoms with Crippen LogP contribution in [0, 0.1) is 24.4 Å². The van der Waals surface area contributed by atoms with E-state index in [1.54, 1.807) is 49.4 Å². The largest absolute Gasteiger partial charge is 0.322 e. The number of hydrogen-bond donors (Lipinski definition) is 2. The molecule has 0 unspecified atom stereocenters. The Morgan fingerprint density at radius 2 is 1.55 bits per heavy atom. The Labute approximate surface area is 178 Å². The van der Waals surface area contributed by atoms with Gasteiger partial charge in [0.25, 0.3) is 0 Å². The summed E-state index contributed by atoms with van der Waals surface area (Å²) in [5.74, 6) is -5.65. The van der Waals surface area contributed by atoms with Crippen LogP contribution in [0.1, 0.15) is 11.1 Å². The fraction of sp³-hybridized carbons (Fsp3) is 0.136. The van der Waals surface area contributed by atoms with Crippen molar-refractivity contribution in [1.82, 2.24) is 4.72 Å². The van der Waals surface area contributed by atoms with Crippen LogP contribution in [0.2, 0.25) is 0 Å². The average Bonchev–Trinajstić information content (AvgIpc) is 2.74. The van der Waals surface area contributed by atoms with Crippen LogP contribution < -0.4 is 10.0 Å². The molecule has 0 aliphatic carbocycles. The van der Waals surface area contributed by atoms with Crippen molar-refractivity contribution in [2.45, 2.75) is 24.3 Å². The van der Waals surface area contributed by atoms with E-state index in [1.807, 2.05) is 0 Å². The van der Waals surface area contributed by atoms with Crippen molar-refractivity contribution in [3.8, 4) is 0 Å². The first-order valence-corrected chi connectivity index (χ1v) is 10.7. The minimum absolute atomic E-state index is 0.0525. The minimum atomic E-state index is -4.10. The van der Waals surface area contributed by atoms with Crippen LogP contribution in [0.25, 0.3) is 0 Å². The van der Waals surface area contributed by atoms with Gasteiger partial charge in [-0.2, -0.15) is 4.72 Å². The number of rotatable bonds is 7. The topological polar surface area (TPSA) is 75.3 Å². The molecule has 1 atom stereocenters. The first-order chi connectivity index (χ1) is 14.7. The van der Waals surface area contributed by atoms with Gasteiger partial charge in [-0.1, -0.05) is 48.0 Å². The van der Waals surface area contributed by atoms with Crippen molar-refractivity contribution in [3.63, 3.8) is 0 Å². The molecule has 9 heteroatoms. The highest BCUT2D eigenvalue weighted by molar-refractivity contribution is 7.89. The van der Waals surface area contributed by atoms with Crippen LogP contribution in [0.3, 0.4) is 0 Å². The van der Waals surface area contributed by atoms with Crippen molar-refractivity contribution in [3.05, 3.63) is 95.3 Å². The maximum Gasteiger partial charge on any atom is 0.242 e. The predicted molar refractivity (Wildman–Crippen MR) is 110 cm³/mol. The van der Waals surface area contributed by atoms with Crippen LogP contribution in [0.4, 0.5) is 18.9 Å². The number of anilines is 1. The van der Waals surface area contributed by atoms with Gasteiger partial charge in [-0.3, -0.25) is 4.79 Å². The molecule has 0 aliphatic rings. The summed E-state index contributed by atoms with van der Waals surface area (Å²) in [6.45, 7) is 1.80. The van der Waals surface area contributed by atoms with Gasteiger partial charge in [0.2, 0.25) is 15.9 Å². The second-order valence-electron chi connectivity index (χ2n) is 6.89. The van der Waals surface area contributed by atoms with Crippen LogP contribution in [-0.4, -0.2) is 20.4 Å². The Bertz CT molecular complexity index is 1180. The van der Waals surface area contributed by atoms with Gasteiger partial charge in [0.05, 0.1) is 10.6 Å². The monoisotopic (exact) mass is 448 g/mol. The lowest BCUT2D eigenvalue weighted by Crippen LogP contribution is -2.45. The van der Waals surface area contributed by atoms with Crippen LogP contribution in [-0.2, 0) is 21.2 Å². The van der Waals surface area contributed by atoms with Crippen molar-refractivity contribution in [2.75, 3.05) is 5.32 Å². The zero-order chi connectivity index (χ0) is 22.6. The molecule has 2 N–H and O–H groups in total. The van der Waals surface area contributed by atoms with Gasteiger partial charge in [-0.25, -0.2) is 21.6 Å². The normalized spacial score (nSPS) is 12.4. The number of amides is 1. The minimum Gasteiger partial charge on any atom is -0.322 e. The molecule has 3 rings (SSSR count). The molecule has 5 nitrogen and oxygen atoms in total. The first kappa shape index (κ1) is 22.5. The lowest BCUT2D eigenvalue weighted by molar-refractivity contribution is -0.117. The third-order valence-electron chi connectivity index (χ3n) is 4.52. The number of carbonyl (C=O) groups is 1. The van der Waals surface area contributed by atoms with Crippen LogP contribution in [0.15, 0.2) is 71.6 Å². The Morgan fingerprint density at radius 3 is 2.19 bits per heavy atom. The fourth-order valence-electron chi connectivity index (χ4n) is 2.85. The molecule has 162 valence electrons. The molecule has 0 aliphatic heterocycles. The summed E-state index contributed by atoms with van der Waals surface area (Å²) in [6, 6.07) is 14.8. The van der Waals surface area contributed by atoms with Gasteiger partial charge >= 0.3 is 0 Å². The third-order valence-corrected chi connectivity index (χ3v) is 6.01. The Hall–Kier alpha value is -3.17. The molecule has 0 saturated carbocycles. The molecule has 1 amide bonds. The highest BCUT2D eigenvalue weighted by Crippen LogP contribution is 2.20. The van der Waals surface area contributed by atoms with E-state index >= 15 is 0 Å². The zero-order valence-corrected chi connectivity index (χ0v) is 17.2. The van der Waals surface area contributed by atoms with E-state index in [1.165, 1.54) is 12.1 Å². The molecule has 0 radical (unpaired) electrons. The number of carbonyl (C=O) groups excluding carboxylic acids is 1. The van der Waals surface area contributed by atoms with E-state index < -0.39 is 45.1 Å². The molecule has 0 spiro atoms. The van der Waals surface area contributed by atoms with Crippen LogP contribution in [0.5, 0.6) is 0 Å². The molecule has 0 aromatic heterocycles. The summed E-state index contributed by atoms with van der Waals surface area (Å²) >= 11 is 0. The molecular formula is C22H19F3N2O3S. The lowest BCUT2D eigenvalue weighted by atomic mass is 10.1. The summed E-state index contributed by atoms with van der Waals surface area (Å²) in [7, 11) is -4.10. The molecule has 0 saturated heterocycles. The van der Waals surface area contributed by atoms with Crippen molar-refractivity contribution in [1.29, 1.82) is 0 Å². The second kappa shape index (κ2) is 9.32. The van der Waals surface area contributed by atoms with Crippen molar-refractivity contribution >= 4 is 21.6 Å². The summed E-state index contributed by atoms with van der Waals surface area (Å²) in [5, 5.41) is 2.13. The van der Waals surface area contributed by atoms with E-state index in [9.17, 15) is 26.4 Å². The van der Waals surface area contributed by atoms with Crippen molar-refractivity contribution < 1.29 is 26.4 Å². The molecule has 3 aromatic rings. The summed E-state index contributed by atoms with van der Waals surface area (Å²) in [4.78, 5) is 12.8. The van der Waals surface area contributed by atoms with Gasteiger partial charge < -0.3 is 5.32 Å². The predicted octanol–water partition coefficient (Wildman–Crippen LogP) is 3.94. The standard InChI is InChI=1S/C22H19F3N2O3S/c1-14-7-9-16(10-8-14)31(29,30)27-19(13-15-5-3-2-4-6-15)22(28)26-18-12-11-17(23)20(24)21(18)25/h2-12,19,27H,13H2,1H3,(H,26,28)/t19-/m1/s1. The molecule has 0 fully saturated rings. The third kappa shape index (κ3) is 5.50. The van der Waals surface area contributed by atoms with E-state index in [0.717, 1.165) is 11.6 Å². The summed E-state index contributed by atoms with van der Waals surface area (Å²) < 4.78 is 68.5. The maximum absolute atomic E-state index is 14.0. The zero-order valence-electron chi connectivity index (χ0n) is 16.4. The number of benzene rings is 3. The Morgan fingerprint density at radius 1 is 0.903 bits per heavy atom. The average molecular weight is 448 g/mol. The quantitative estimate of drug-likeness (QED) is 0.538. The number of sulfonamides is 1. The number of hydrogen-bond acceptors (Lipinski definition) is 3. The van der Waals surface area contributed by atoms with Crippen molar-refractivity contribution in [2.24, 2.45) is 0 Å². The number of halogens is 3. The van der Waals surface area contributed by atoms with Gasteiger partial charge in [-0.15, -0.1) is 0 Å². The Kier molecular flexibility index (Phi) is 6.77. The highest BCUT2D eigenvalue weighted by Gasteiger charge is 2.27. The smallest absolute Gasteiger partial charge is 0.242 e. The van der Waals surface area contributed by atoms with Gasteiger partial charge in [-0.05, 0) is 43.2 Å². The number of aryl methyl sites for hydroxylation is 1. The fourth-order valence-corrected chi connectivity index (χ4v) is 4.05. The number of nitrogens with one attached hydrogen (secondary N) is 2. The summed E-state index contributed by atoms with van der Waals surface area (Å²) in [6.07, 6.45) is -0.0525. The molecular weight excluding hydrogens is 429 g/mol. The van der Waals surface area contributed by atoms with Gasteiger partial charge in [0, 0.05) is 0 Å². The summed E-state index contributed by atoms with van der Waals surface area (Å²) in [5.41, 5.74) is 0.892. The first-order valence-electron chi connectivity index (χ1n) is 9.24.